The van der Waals surface area contributed by atoms with Gasteiger partial charge in [-0.2, -0.15) is 0 Å². The predicted octanol–water partition coefficient (Wildman–Crippen LogP) is -0.972. The number of likely N-dealkylation sites (N-methyl/N-ethyl adjacent to an activating group) is 1. The molecule has 4 N–H and O–H groups in total. The Balaban J connectivity index is 3.79. The number of nitrogens with zero attached hydrogens (tertiary/aromatic N) is 1. The summed E-state index contributed by atoms with van der Waals surface area (Å²) in [6.07, 6.45) is 0. The van der Waals surface area contributed by atoms with Crippen LogP contribution < -0.4 is 16.6 Å². The van der Waals surface area contributed by atoms with Crippen molar-refractivity contribution >= 4 is 11.9 Å². The highest BCUT2D eigenvalue weighted by Gasteiger charge is 2.09. The number of hydrogen-bond donors (Lipinski definition) is 3. The van der Waals surface area contributed by atoms with Gasteiger partial charge in [0.25, 0.3) is 0 Å². The van der Waals surface area contributed by atoms with Gasteiger partial charge in [0.15, 0.2) is 0 Å². The van der Waals surface area contributed by atoms with Gasteiger partial charge in [-0.25, -0.2) is 10.6 Å². The standard InChI is InChI=1S/C7H16N4O2/c1-3-11(4-2)6(12)5-9-7(13)10-8/h3-5,8H2,1-2H3,(H2,9,10,13). The Kier molecular flexibility index (Phi) is 5.62. The molecule has 0 aromatic heterocycles. The number of amides is 3. The zero-order valence-corrected chi connectivity index (χ0v) is 7.96. The molecule has 0 radical (unpaired) electrons. The molecule has 0 saturated heterocycles. The summed E-state index contributed by atoms with van der Waals surface area (Å²) in [5.41, 5.74) is 1.87. The minimum absolute atomic E-state index is 0.0231. The molecule has 0 aliphatic rings. The van der Waals surface area contributed by atoms with Crippen molar-refractivity contribution in [3.05, 3.63) is 0 Å². The number of carbonyl (C=O) groups is 2. The van der Waals surface area contributed by atoms with E-state index in [1.165, 1.54) is 0 Å². The van der Waals surface area contributed by atoms with Crippen molar-refractivity contribution in [2.75, 3.05) is 19.6 Å². The first-order chi connectivity index (χ1) is 6.15. The summed E-state index contributed by atoms with van der Waals surface area (Å²) >= 11 is 0. The molecule has 0 fully saturated rings. The van der Waals surface area contributed by atoms with E-state index in [4.69, 9.17) is 5.84 Å². The Morgan fingerprint density at radius 2 is 1.85 bits per heavy atom. The van der Waals surface area contributed by atoms with Gasteiger partial charge in [-0.1, -0.05) is 0 Å². The molecule has 0 heterocycles. The average molecular weight is 188 g/mol. The second-order valence-corrected chi connectivity index (χ2v) is 2.39. The Morgan fingerprint density at radius 3 is 2.23 bits per heavy atom. The third-order valence-electron chi connectivity index (χ3n) is 1.65. The van der Waals surface area contributed by atoms with Crippen LogP contribution in [0.4, 0.5) is 4.79 Å². The van der Waals surface area contributed by atoms with Crippen molar-refractivity contribution in [1.29, 1.82) is 0 Å². The lowest BCUT2D eigenvalue weighted by Gasteiger charge is -2.18. The zero-order valence-electron chi connectivity index (χ0n) is 7.96. The summed E-state index contributed by atoms with van der Waals surface area (Å²) in [5, 5.41) is 2.31. The number of hydrazine groups is 1. The first kappa shape index (κ1) is 11.7. The lowest BCUT2D eigenvalue weighted by Crippen LogP contribution is -2.45. The monoisotopic (exact) mass is 188 g/mol. The van der Waals surface area contributed by atoms with Crippen molar-refractivity contribution in [1.82, 2.24) is 15.6 Å². The summed E-state index contributed by atoms with van der Waals surface area (Å²) in [4.78, 5) is 23.5. The fraction of sp³-hybridized carbons (Fsp3) is 0.714. The van der Waals surface area contributed by atoms with E-state index < -0.39 is 6.03 Å². The third kappa shape index (κ3) is 4.32. The highest BCUT2D eigenvalue weighted by atomic mass is 16.2. The largest absolute Gasteiger partial charge is 0.342 e. The molecule has 0 atom stereocenters. The highest BCUT2D eigenvalue weighted by Crippen LogP contribution is 1.86. The number of carbonyl (C=O) groups excluding carboxylic acids is 2. The van der Waals surface area contributed by atoms with E-state index in [1.54, 1.807) is 4.90 Å². The molecule has 0 spiro atoms. The van der Waals surface area contributed by atoms with E-state index >= 15 is 0 Å². The summed E-state index contributed by atoms with van der Waals surface area (Å²) in [6, 6.07) is -0.555. The fourth-order valence-corrected chi connectivity index (χ4v) is 0.895. The van der Waals surface area contributed by atoms with Gasteiger partial charge in [-0.3, -0.25) is 10.2 Å². The number of rotatable bonds is 4. The molecule has 0 bridgehead atoms. The first-order valence-corrected chi connectivity index (χ1v) is 4.17. The van der Waals surface area contributed by atoms with Crippen molar-refractivity contribution in [2.45, 2.75) is 13.8 Å². The Morgan fingerprint density at radius 1 is 1.31 bits per heavy atom. The van der Waals surface area contributed by atoms with Crippen LogP contribution in [0.1, 0.15) is 13.8 Å². The molecule has 0 aromatic rings. The molecule has 3 amide bonds. The van der Waals surface area contributed by atoms with Crippen LogP contribution in [0, 0.1) is 0 Å². The van der Waals surface area contributed by atoms with Gasteiger partial charge < -0.3 is 10.2 Å². The first-order valence-electron chi connectivity index (χ1n) is 4.17. The fourth-order valence-electron chi connectivity index (χ4n) is 0.895. The number of nitrogens with one attached hydrogen (secondary N) is 2. The minimum atomic E-state index is -0.555. The second-order valence-electron chi connectivity index (χ2n) is 2.39. The lowest BCUT2D eigenvalue weighted by molar-refractivity contribution is -0.129. The van der Waals surface area contributed by atoms with Gasteiger partial charge in [0, 0.05) is 13.1 Å². The maximum atomic E-state index is 11.3. The molecule has 6 nitrogen and oxygen atoms in total. The van der Waals surface area contributed by atoms with Crippen LogP contribution in [0.25, 0.3) is 0 Å². The van der Waals surface area contributed by atoms with E-state index in [9.17, 15) is 9.59 Å². The third-order valence-corrected chi connectivity index (χ3v) is 1.65. The van der Waals surface area contributed by atoms with Crippen LogP contribution in [0.15, 0.2) is 0 Å². The zero-order chi connectivity index (χ0) is 10.3. The maximum absolute atomic E-state index is 11.3. The van der Waals surface area contributed by atoms with E-state index in [1.807, 2.05) is 19.3 Å². The van der Waals surface area contributed by atoms with Gasteiger partial charge in [0.05, 0.1) is 6.54 Å². The molecule has 0 rings (SSSR count). The minimum Gasteiger partial charge on any atom is -0.342 e. The van der Waals surface area contributed by atoms with Crippen molar-refractivity contribution in [3.8, 4) is 0 Å². The smallest absolute Gasteiger partial charge is 0.329 e. The summed E-state index contributed by atoms with van der Waals surface area (Å²) < 4.78 is 0. The normalized spacial score (nSPS) is 9.15. The molecule has 0 saturated carbocycles. The average Bonchev–Trinajstić information content (AvgIpc) is 2.16. The van der Waals surface area contributed by atoms with Gasteiger partial charge in [-0.05, 0) is 13.8 Å². The van der Waals surface area contributed by atoms with Crippen LogP contribution in [-0.2, 0) is 4.79 Å². The summed E-state index contributed by atoms with van der Waals surface area (Å²) in [6.45, 7) is 5.02. The molecule has 76 valence electrons. The topological polar surface area (TPSA) is 87.5 Å². The van der Waals surface area contributed by atoms with Crippen molar-refractivity contribution in [2.24, 2.45) is 5.84 Å². The van der Waals surface area contributed by atoms with Gasteiger partial charge in [0.1, 0.15) is 0 Å². The molecule has 0 aliphatic heterocycles. The Bertz CT molecular complexity index is 179. The SMILES string of the molecule is CCN(CC)C(=O)CNC(=O)NN. The van der Waals surface area contributed by atoms with Crippen LogP contribution in [0.5, 0.6) is 0 Å². The highest BCUT2D eigenvalue weighted by molar-refractivity contribution is 5.83. The van der Waals surface area contributed by atoms with Crippen LogP contribution in [0.3, 0.4) is 0 Å². The van der Waals surface area contributed by atoms with Crippen LogP contribution in [0.2, 0.25) is 0 Å². The van der Waals surface area contributed by atoms with Gasteiger partial charge in [-0.15, -0.1) is 0 Å². The molecular formula is C7H16N4O2. The second kappa shape index (κ2) is 6.24. The molecule has 13 heavy (non-hydrogen) atoms. The number of nitrogens with two attached hydrogens (primary N) is 1. The Hall–Kier alpha value is -1.30. The molecule has 0 unspecified atom stereocenters. The Labute approximate surface area is 77.4 Å². The number of hydrogen-bond acceptors (Lipinski definition) is 3. The van der Waals surface area contributed by atoms with Crippen LogP contribution in [-0.4, -0.2) is 36.5 Å². The molecule has 0 aliphatic carbocycles. The quantitative estimate of drug-likeness (QED) is 0.301. The van der Waals surface area contributed by atoms with E-state index in [2.05, 4.69) is 5.32 Å². The predicted molar refractivity (Wildman–Crippen MR) is 48.6 cm³/mol. The van der Waals surface area contributed by atoms with E-state index in [0.717, 1.165) is 0 Å². The van der Waals surface area contributed by atoms with Crippen molar-refractivity contribution < 1.29 is 9.59 Å². The number of urea groups is 1. The van der Waals surface area contributed by atoms with Gasteiger partial charge in [0.2, 0.25) is 5.91 Å². The molecule has 6 heteroatoms. The summed E-state index contributed by atoms with van der Waals surface area (Å²) in [5.74, 6) is 4.70. The molecule has 0 aromatic carbocycles. The van der Waals surface area contributed by atoms with E-state index in [0.29, 0.717) is 13.1 Å². The van der Waals surface area contributed by atoms with Crippen molar-refractivity contribution in [3.63, 3.8) is 0 Å². The van der Waals surface area contributed by atoms with E-state index in [-0.39, 0.29) is 12.5 Å². The summed E-state index contributed by atoms with van der Waals surface area (Å²) in [7, 11) is 0. The molecular weight excluding hydrogens is 172 g/mol. The lowest BCUT2D eigenvalue weighted by atomic mass is 10.4. The van der Waals surface area contributed by atoms with Crippen LogP contribution >= 0.6 is 0 Å². The van der Waals surface area contributed by atoms with Gasteiger partial charge >= 0.3 is 6.03 Å². The maximum Gasteiger partial charge on any atom is 0.329 e.